The standard InChI is InChI=1S/C17H21F2N3O2/c1-3-17(18,19)12-5-6-14(13(20)11-12)22-10-9-21-15(22)7-8-16(23)24-4-2/h5-6,9-11H,3-4,7-8,20H2,1-2H3. The van der Waals surface area contributed by atoms with Gasteiger partial charge in [-0.05, 0) is 19.1 Å². The SMILES string of the molecule is CCOC(=O)CCc1nccn1-c1ccc(C(F)(F)CC)cc1N. The lowest BCUT2D eigenvalue weighted by atomic mass is 10.0. The summed E-state index contributed by atoms with van der Waals surface area (Å²) in [6.45, 7) is 3.49. The van der Waals surface area contributed by atoms with Crippen molar-refractivity contribution < 1.29 is 18.3 Å². The van der Waals surface area contributed by atoms with Gasteiger partial charge in [-0.15, -0.1) is 0 Å². The van der Waals surface area contributed by atoms with Gasteiger partial charge in [-0.1, -0.05) is 13.0 Å². The zero-order valence-electron chi connectivity index (χ0n) is 13.8. The van der Waals surface area contributed by atoms with Crippen LogP contribution in [0.25, 0.3) is 5.69 Å². The maximum atomic E-state index is 13.8. The second kappa shape index (κ2) is 7.42. The van der Waals surface area contributed by atoms with Crippen LogP contribution in [0.3, 0.4) is 0 Å². The van der Waals surface area contributed by atoms with Crippen LogP contribution in [0.4, 0.5) is 14.5 Å². The molecule has 0 aliphatic heterocycles. The summed E-state index contributed by atoms with van der Waals surface area (Å²) >= 11 is 0. The number of nitrogens with zero attached hydrogens (tertiary/aromatic N) is 2. The van der Waals surface area contributed by atoms with E-state index in [0.29, 0.717) is 24.5 Å². The summed E-state index contributed by atoms with van der Waals surface area (Å²) in [6.07, 6.45) is 3.54. The Morgan fingerprint density at radius 1 is 1.38 bits per heavy atom. The van der Waals surface area contributed by atoms with Crippen molar-refractivity contribution in [1.29, 1.82) is 0 Å². The zero-order chi connectivity index (χ0) is 17.7. The van der Waals surface area contributed by atoms with Gasteiger partial charge in [-0.3, -0.25) is 4.79 Å². The molecule has 0 bridgehead atoms. The fourth-order valence-corrected chi connectivity index (χ4v) is 2.39. The van der Waals surface area contributed by atoms with E-state index < -0.39 is 5.92 Å². The Morgan fingerprint density at radius 3 is 2.75 bits per heavy atom. The first kappa shape index (κ1) is 17.9. The number of carbonyl (C=O) groups is 1. The van der Waals surface area contributed by atoms with E-state index in [0.717, 1.165) is 0 Å². The number of rotatable bonds is 7. The normalized spacial score (nSPS) is 11.5. The van der Waals surface area contributed by atoms with Gasteiger partial charge in [0.1, 0.15) is 5.82 Å². The number of nitrogen functional groups attached to an aromatic ring is 1. The number of aryl methyl sites for hydroxylation is 1. The minimum absolute atomic E-state index is 0.112. The van der Waals surface area contributed by atoms with Gasteiger partial charge in [-0.25, -0.2) is 13.8 Å². The van der Waals surface area contributed by atoms with E-state index in [1.54, 1.807) is 30.0 Å². The lowest BCUT2D eigenvalue weighted by Crippen LogP contribution is -2.13. The molecule has 0 amide bonds. The Balaban J connectivity index is 2.24. The zero-order valence-corrected chi connectivity index (χ0v) is 13.8. The van der Waals surface area contributed by atoms with E-state index in [2.05, 4.69) is 4.98 Å². The van der Waals surface area contributed by atoms with Gasteiger partial charge in [0.2, 0.25) is 0 Å². The minimum atomic E-state index is -2.91. The van der Waals surface area contributed by atoms with Crippen molar-refractivity contribution in [2.24, 2.45) is 0 Å². The summed E-state index contributed by atoms with van der Waals surface area (Å²) in [7, 11) is 0. The second-order valence-corrected chi connectivity index (χ2v) is 5.35. The van der Waals surface area contributed by atoms with E-state index in [-0.39, 0.29) is 30.1 Å². The molecule has 0 unspecified atom stereocenters. The predicted molar refractivity (Wildman–Crippen MR) is 87.1 cm³/mol. The van der Waals surface area contributed by atoms with E-state index in [1.807, 2.05) is 0 Å². The number of nitrogens with two attached hydrogens (primary N) is 1. The van der Waals surface area contributed by atoms with E-state index in [4.69, 9.17) is 10.5 Å². The fourth-order valence-electron chi connectivity index (χ4n) is 2.39. The van der Waals surface area contributed by atoms with Gasteiger partial charge in [0.25, 0.3) is 5.92 Å². The van der Waals surface area contributed by atoms with Crippen molar-refractivity contribution in [3.05, 3.63) is 42.0 Å². The molecule has 0 aliphatic rings. The Labute approximate surface area is 139 Å². The first-order chi connectivity index (χ1) is 11.4. The molecule has 0 spiro atoms. The van der Waals surface area contributed by atoms with Crippen molar-refractivity contribution in [2.45, 2.75) is 39.0 Å². The molecule has 24 heavy (non-hydrogen) atoms. The molecule has 0 saturated heterocycles. The summed E-state index contributed by atoms with van der Waals surface area (Å²) in [6, 6.07) is 4.20. The van der Waals surface area contributed by atoms with Gasteiger partial charge < -0.3 is 15.0 Å². The number of hydrogen-bond donors (Lipinski definition) is 1. The highest BCUT2D eigenvalue weighted by Crippen LogP contribution is 2.34. The summed E-state index contributed by atoms with van der Waals surface area (Å²) in [5.41, 5.74) is 6.64. The Bertz CT molecular complexity index is 714. The molecule has 0 atom stereocenters. The van der Waals surface area contributed by atoms with Crippen LogP contribution in [0.2, 0.25) is 0 Å². The van der Waals surface area contributed by atoms with Gasteiger partial charge >= 0.3 is 5.97 Å². The number of hydrogen-bond acceptors (Lipinski definition) is 4. The number of halogens is 2. The number of aromatic nitrogens is 2. The minimum Gasteiger partial charge on any atom is -0.466 e. The van der Waals surface area contributed by atoms with Gasteiger partial charge in [0.05, 0.1) is 24.4 Å². The maximum absolute atomic E-state index is 13.8. The number of carbonyl (C=O) groups excluding carboxylic acids is 1. The van der Waals surface area contributed by atoms with Crippen LogP contribution < -0.4 is 5.73 Å². The average molecular weight is 337 g/mol. The third-order valence-corrected chi connectivity index (χ3v) is 3.73. The monoisotopic (exact) mass is 337 g/mol. The van der Waals surface area contributed by atoms with Crippen LogP contribution in [0.5, 0.6) is 0 Å². The van der Waals surface area contributed by atoms with Crippen molar-refractivity contribution in [3.63, 3.8) is 0 Å². The first-order valence-corrected chi connectivity index (χ1v) is 7.85. The smallest absolute Gasteiger partial charge is 0.306 e. The lowest BCUT2D eigenvalue weighted by molar-refractivity contribution is -0.143. The number of anilines is 1. The van der Waals surface area contributed by atoms with Crippen LogP contribution >= 0.6 is 0 Å². The molecule has 2 rings (SSSR count). The van der Waals surface area contributed by atoms with Gasteiger partial charge in [-0.2, -0.15) is 0 Å². The largest absolute Gasteiger partial charge is 0.466 e. The highest BCUT2D eigenvalue weighted by molar-refractivity contribution is 5.69. The molecule has 0 radical (unpaired) electrons. The molecule has 0 fully saturated rings. The molecule has 1 aromatic heterocycles. The number of alkyl halides is 2. The molecular weight excluding hydrogens is 316 g/mol. The number of imidazole rings is 1. The number of benzene rings is 1. The molecule has 0 saturated carbocycles. The topological polar surface area (TPSA) is 70.1 Å². The predicted octanol–water partition coefficient (Wildman–Crippen LogP) is 3.45. The summed E-state index contributed by atoms with van der Waals surface area (Å²) in [4.78, 5) is 15.7. The molecule has 1 heterocycles. The van der Waals surface area contributed by atoms with Crippen molar-refractivity contribution >= 4 is 11.7 Å². The Kier molecular flexibility index (Phi) is 5.54. The summed E-state index contributed by atoms with van der Waals surface area (Å²) in [5.74, 6) is -2.60. The average Bonchev–Trinajstić information content (AvgIpc) is 3.01. The summed E-state index contributed by atoms with van der Waals surface area (Å²) < 4.78 is 34.1. The Morgan fingerprint density at radius 2 is 2.12 bits per heavy atom. The van der Waals surface area contributed by atoms with Crippen molar-refractivity contribution in [1.82, 2.24) is 9.55 Å². The van der Waals surface area contributed by atoms with Gasteiger partial charge in [0.15, 0.2) is 0 Å². The molecule has 7 heteroatoms. The maximum Gasteiger partial charge on any atom is 0.306 e. The molecule has 130 valence electrons. The molecule has 2 N–H and O–H groups in total. The van der Waals surface area contributed by atoms with Crippen LogP contribution in [0, 0.1) is 0 Å². The molecule has 2 aromatic rings. The third-order valence-electron chi connectivity index (χ3n) is 3.73. The Hall–Kier alpha value is -2.44. The second-order valence-electron chi connectivity index (χ2n) is 5.35. The molecule has 1 aromatic carbocycles. The highest BCUT2D eigenvalue weighted by Gasteiger charge is 2.29. The highest BCUT2D eigenvalue weighted by atomic mass is 19.3. The van der Waals surface area contributed by atoms with Crippen LogP contribution in [0.15, 0.2) is 30.6 Å². The fraction of sp³-hybridized carbons (Fsp3) is 0.412. The van der Waals surface area contributed by atoms with Gasteiger partial charge in [0, 0.05) is 30.8 Å². The van der Waals surface area contributed by atoms with Crippen LogP contribution in [-0.2, 0) is 21.9 Å². The van der Waals surface area contributed by atoms with E-state index in [1.165, 1.54) is 19.1 Å². The van der Waals surface area contributed by atoms with Crippen molar-refractivity contribution in [3.8, 4) is 5.69 Å². The van der Waals surface area contributed by atoms with Crippen LogP contribution in [0.1, 0.15) is 38.1 Å². The third kappa shape index (κ3) is 3.90. The number of ether oxygens (including phenoxy) is 1. The number of esters is 1. The molecule has 5 nitrogen and oxygen atoms in total. The summed E-state index contributed by atoms with van der Waals surface area (Å²) in [5, 5.41) is 0. The lowest BCUT2D eigenvalue weighted by Gasteiger charge is -2.17. The quantitative estimate of drug-likeness (QED) is 0.620. The molecular formula is C17H21F2N3O2. The van der Waals surface area contributed by atoms with Crippen molar-refractivity contribution in [2.75, 3.05) is 12.3 Å². The van der Waals surface area contributed by atoms with E-state index >= 15 is 0 Å². The molecule has 0 aliphatic carbocycles. The first-order valence-electron chi connectivity index (χ1n) is 7.85. The van der Waals surface area contributed by atoms with Crippen LogP contribution in [-0.4, -0.2) is 22.1 Å². The van der Waals surface area contributed by atoms with E-state index in [9.17, 15) is 13.6 Å².